The van der Waals surface area contributed by atoms with Gasteiger partial charge in [-0.2, -0.15) is 0 Å². The van der Waals surface area contributed by atoms with Crippen LogP contribution in [0.25, 0.3) is 11.2 Å². The van der Waals surface area contributed by atoms with Gasteiger partial charge in [0, 0.05) is 10.7 Å². The van der Waals surface area contributed by atoms with Crippen molar-refractivity contribution in [1.29, 1.82) is 0 Å². The molecule has 0 radical (unpaired) electrons. The number of amides is 1. The third-order valence-electron chi connectivity index (χ3n) is 4.51. The molecule has 30 heavy (non-hydrogen) atoms. The molecule has 0 aliphatic rings. The van der Waals surface area contributed by atoms with E-state index in [1.54, 1.807) is 30.3 Å². The average molecular weight is 427 g/mol. The molecule has 152 valence electrons. The standard InChI is InChI=1S/C20H16ClFN6O2/c1-12-2-7-15(8-16(12)21)24-17(29)10-27-11-23-19-18(20(27)30)25-26-28(19)9-13-3-5-14(22)6-4-13/h2-8,11H,9-10H2,1H3,(H,24,29). The first-order valence-electron chi connectivity index (χ1n) is 9.00. The minimum atomic E-state index is -0.484. The second-order valence-corrected chi connectivity index (χ2v) is 7.14. The van der Waals surface area contributed by atoms with Crippen molar-refractivity contribution in [2.75, 3.05) is 5.32 Å². The number of nitrogens with zero attached hydrogens (tertiary/aromatic N) is 5. The van der Waals surface area contributed by atoms with Gasteiger partial charge in [0.15, 0.2) is 11.2 Å². The van der Waals surface area contributed by atoms with E-state index in [1.165, 1.54) is 23.1 Å². The first-order chi connectivity index (χ1) is 14.4. The lowest BCUT2D eigenvalue weighted by atomic mass is 10.2. The van der Waals surface area contributed by atoms with Crippen LogP contribution in [-0.2, 0) is 17.9 Å². The lowest BCUT2D eigenvalue weighted by Crippen LogP contribution is -2.28. The Labute approximate surface area is 174 Å². The Morgan fingerprint density at radius 3 is 2.70 bits per heavy atom. The zero-order chi connectivity index (χ0) is 21.3. The van der Waals surface area contributed by atoms with Crippen LogP contribution in [0.3, 0.4) is 0 Å². The van der Waals surface area contributed by atoms with Crippen molar-refractivity contribution in [3.05, 3.63) is 81.1 Å². The summed E-state index contributed by atoms with van der Waals surface area (Å²) in [6.45, 7) is 1.90. The third kappa shape index (κ3) is 4.06. The van der Waals surface area contributed by atoms with Crippen LogP contribution < -0.4 is 10.9 Å². The molecule has 2 aromatic heterocycles. The Morgan fingerprint density at radius 2 is 1.97 bits per heavy atom. The number of fused-ring (bicyclic) bond motifs is 1. The molecule has 0 spiro atoms. The number of benzene rings is 2. The Morgan fingerprint density at radius 1 is 1.20 bits per heavy atom. The van der Waals surface area contributed by atoms with Crippen molar-refractivity contribution < 1.29 is 9.18 Å². The van der Waals surface area contributed by atoms with E-state index >= 15 is 0 Å². The van der Waals surface area contributed by atoms with Crippen molar-refractivity contribution in [3.8, 4) is 0 Å². The number of aromatic nitrogens is 5. The smallest absolute Gasteiger partial charge is 0.283 e. The maximum atomic E-state index is 13.1. The molecule has 0 fully saturated rings. The molecule has 4 rings (SSSR count). The van der Waals surface area contributed by atoms with Crippen LogP contribution in [0.5, 0.6) is 0 Å². The molecular weight excluding hydrogens is 411 g/mol. The van der Waals surface area contributed by atoms with Crippen molar-refractivity contribution in [2.24, 2.45) is 0 Å². The molecule has 1 amide bonds. The van der Waals surface area contributed by atoms with Crippen LogP contribution in [0.2, 0.25) is 5.02 Å². The number of rotatable bonds is 5. The largest absolute Gasteiger partial charge is 0.324 e. The van der Waals surface area contributed by atoms with E-state index in [4.69, 9.17) is 11.6 Å². The van der Waals surface area contributed by atoms with Gasteiger partial charge < -0.3 is 5.32 Å². The van der Waals surface area contributed by atoms with Gasteiger partial charge in [0.05, 0.1) is 6.54 Å². The molecule has 2 heterocycles. The van der Waals surface area contributed by atoms with E-state index < -0.39 is 11.5 Å². The number of carbonyl (C=O) groups is 1. The molecule has 1 N–H and O–H groups in total. The molecule has 0 unspecified atom stereocenters. The topological polar surface area (TPSA) is 94.7 Å². The minimum Gasteiger partial charge on any atom is -0.324 e. The summed E-state index contributed by atoms with van der Waals surface area (Å²) in [6.07, 6.45) is 1.27. The fraction of sp³-hybridized carbons (Fsp3) is 0.150. The van der Waals surface area contributed by atoms with Gasteiger partial charge in [0.1, 0.15) is 18.7 Å². The molecule has 0 bridgehead atoms. The predicted molar refractivity (Wildman–Crippen MR) is 110 cm³/mol. The fourth-order valence-corrected chi connectivity index (χ4v) is 3.08. The summed E-state index contributed by atoms with van der Waals surface area (Å²) in [5, 5.41) is 11.1. The lowest BCUT2D eigenvalue weighted by molar-refractivity contribution is -0.116. The molecule has 4 aromatic rings. The number of hydrogen-bond donors (Lipinski definition) is 1. The highest BCUT2D eigenvalue weighted by atomic mass is 35.5. The molecule has 0 saturated carbocycles. The normalized spacial score (nSPS) is 11.0. The van der Waals surface area contributed by atoms with Crippen LogP contribution >= 0.6 is 11.6 Å². The first kappa shape index (κ1) is 19.7. The quantitative estimate of drug-likeness (QED) is 0.529. The molecule has 0 atom stereocenters. The van der Waals surface area contributed by atoms with Crippen LogP contribution in [0.4, 0.5) is 10.1 Å². The van der Waals surface area contributed by atoms with Crippen LogP contribution in [-0.4, -0.2) is 30.5 Å². The highest BCUT2D eigenvalue weighted by molar-refractivity contribution is 6.31. The molecule has 0 aliphatic heterocycles. The SMILES string of the molecule is Cc1ccc(NC(=O)Cn2cnc3c(nnn3Cc3ccc(F)cc3)c2=O)cc1Cl. The van der Waals surface area contributed by atoms with Crippen LogP contribution in [0.15, 0.2) is 53.6 Å². The van der Waals surface area contributed by atoms with Gasteiger partial charge in [0.2, 0.25) is 5.91 Å². The zero-order valence-corrected chi connectivity index (χ0v) is 16.6. The zero-order valence-electron chi connectivity index (χ0n) is 15.8. The van der Waals surface area contributed by atoms with Crippen LogP contribution in [0.1, 0.15) is 11.1 Å². The number of hydrogen-bond acceptors (Lipinski definition) is 5. The van der Waals surface area contributed by atoms with Crippen molar-refractivity contribution in [3.63, 3.8) is 0 Å². The number of aryl methyl sites for hydroxylation is 1. The Bertz CT molecular complexity index is 1300. The Balaban J connectivity index is 1.53. The van der Waals surface area contributed by atoms with Gasteiger partial charge in [-0.25, -0.2) is 14.1 Å². The minimum absolute atomic E-state index is 0.0470. The monoisotopic (exact) mass is 426 g/mol. The molecule has 2 aromatic carbocycles. The van der Waals surface area contributed by atoms with Gasteiger partial charge in [-0.15, -0.1) is 5.10 Å². The summed E-state index contributed by atoms with van der Waals surface area (Å²) in [6, 6.07) is 11.1. The van der Waals surface area contributed by atoms with Crippen molar-refractivity contribution in [1.82, 2.24) is 24.5 Å². The summed E-state index contributed by atoms with van der Waals surface area (Å²) in [5.41, 5.74) is 2.05. The van der Waals surface area contributed by atoms with Gasteiger partial charge in [-0.1, -0.05) is 35.0 Å². The number of nitrogens with one attached hydrogen (secondary N) is 1. The molecule has 0 saturated heterocycles. The van der Waals surface area contributed by atoms with Gasteiger partial charge in [0.25, 0.3) is 5.56 Å². The second kappa shape index (κ2) is 8.03. The van der Waals surface area contributed by atoms with E-state index in [-0.39, 0.29) is 30.1 Å². The summed E-state index contributed by atoms with van der Waals surface area (Å²) in [7, 11) is 0. The highest BCUT2D eigenvalue weighted by Crippen LogP contribution is 2.19. The average Bonchev–Trinajstić information content (AvgIpc) is 3.12. The van der Waals surface area contributed by atoms with E-state index in [1.807, 2.05) is 6.92 Å². The van der Waals surface area contributed by atoms with Gasteiger partial charge in [-0.3, -0.25) is 14.2 Å². The van der Waals surface area contributed by atoms with Crippen LogP contribution in [0, 0.1) is 12.7 Å². The highest BCUT2D eigenvalue weighted by Gasteiger charge is 2.14. The van der Waals surface area contributed by atoms with E-state index in [0.29, 0.717) is 10.7 Å². The summed E-state index contributed by atoms with van der Waals surface area (Å²) in [4.78, 5) is 29.2. The second-order valence-electron chi connectivity index (χ2n) is 6.74. The Kier molecular flexibility index (Phi) is 5.28. The third-order valence-corrected chi connectivity index (χ3v) is 4.91. The molecule has 8 nitrogen and oxygen atoms in total. The molecule has 10 heteroatoms. The summed E-state index contributed by atoms with van der Waals surface area (Å²) in [5.74, 6) is -0.744. The lowest BCUT2D eigenvalue weighted by Gasteiger charge is -2.08. The Hall–Kier alpha value is -3.59. The van der Waals surface area contributed by atoms with Crippen molar-refractivity contribution in [2.45, 2.75) is 20.0 Å². The molecular formula is C20H16ClFN6O2. The summed E-state index contributed by atoms with van der Waals surface area (Å²) >= 11 is 6.06. The fourth-order valence-electron chi connectivity index (χ4n) is 2.89. The predicted octanol–water partition coefficient (Wildman–Crippen LogP) is 2.78. The molecule has 0 aliphatic carbocycles. The van der Waals surface area contributed by atoms with E-state index in [2.05, 4.69) is 20.6 Å². The van der Waals surface area contributed by atoms with Gasteiger partial charge >= 0.3 is 0 Å². The number of carbonyl (C=O) groups excluding carboxylic acids is 1. The van der Waals surface area contributed by atoms with E-state index in [0.717, 1.165) is 15.7 Å². The van der Waals surface area contributed by atoms with E-state index in [9.17, 15) is 14.0 Å². The first-order valence-corrected chi connectivity index (χ1v) is 9.37. The maximum absolute atomic E-state index is 13.1. The van der Waals surface area contributed by atoms with Gasteiger partial charge in [-0.05, 0) is 42.3 Å². The summed E-state index contributed by atoms with van der Waals surface area (Å²) < 4.78 is 15.7. The number of anilines is 1. The van der Waals surface area contributed by atoms with Crippen molar-refractivity contribution >= 4 is 34.4 Å². The number of halogens is 2. The maximum Gasteiger partial charge on any atom is 0.283 e.